The summed E-state index contributed by atoms with van der Waals surface area (Å²) >= 11 is 1.51. The Morgan fingerprint density at radius 3 is 2.36 bits per heavy atom. The first-order chi connectivity index (χ1) is 15.8. The van der Waals surface area contributed by atoms with Gasteiger partial charge in [-0.1, -0.05) is 29.8 Å². The van der Waals surface area contributed by atoms with E-state index in [2.05, 4.69) is 5.32 Å². The van der Waals surface area contributed by atoms with Gasteiger partial charge in [-0.25, -0.2) is 8.42 Å². The summed E-state index contributed by atoms with van der Waals surface area (Å²) in [5.74, 6) is -0.832. The fraction of sp³-hybridized carbons (Fsp3) is 0.167. The van der Waals surface area contributed by atoms with E-state index in [1.165, 1.54) is 28.8 Å². The number of benzene rings is 3. The molecule has 4 rings (SSSR count). The van der Waals surface area contributed by atoms with E-state index in [9.17, 15) is 18.0 Å². The van der Waals surface area contributed by atoms with Crippen molar-refractivity contribution in [3.05, 3.63) is 78.4 Å². The van der Waals surface area contributed by atoms with Gasteiger partial charge in [-0.15, -0.1) is 11.8 Å². The summed E-state index contributed by atoms with van der Waals surface area (Å²) in [5.41, 5.74) is 2.39. The zero-order valence-electron chi connectivity index (χ0n) is 18.2. The Labute approximate surface area is 197 Å². The first-order valence-corrected chi connectivity index (χ1v) is 12.9. The molecule has 0 bridgehead atoms. The van der Waals surface area contributed by atoms with Crippen LogP contribution in [0.15, 0.2) is 82.6 Å². The predicted octanol–water partition coefficient (Wildman–Crippen LogP) is 3.90. The highest BCUT2D eigenvalue weighted by Crippen LogP contribution is 2.31. The highest BCUT2D eigenvalue weighted by molar-refractivity contribution is 7.98. The highest BCUT2D eigenvalue weighted by atomic mass is 32.2. The van der Waals surface area contributed by atoms with Gasteiger partial charge in [-0.05, 0) is 61.7 Å². The molecule has 1 aliphatic rings. The number of aryl methyl sites for hydroxylation is 1. The fourth-order valence-electron chi connectivity index (χ4n) is 3.56. The van der Waals surface area contributed by atoms with E-state index in [1.54, 1.807) is 60.7 Å². The van der Waals surface area contributed by atoms with E-state index in [4.69, 9.17) is 0 Å². The molecule has 170 valence electrons. The molecule has 1 heterocycles. The van der Waals surface area contributed by atoms with Crippen molar-refractivity contribution < 1.29 is 18.0 Å². The average molecular weight is 482 g/mol. The molecular formula is C24H23N3O4S2. The molecule has 3 aromatic rings. The van der Waals surface area contributed by atoms with Gasteiger partial charge in [0, 0.05) is 4.90 Å². The second-order valence-corrected chi connectivity index (χ2v) is 10.3. The third-order valence-corrected chi connectivity index (χ3v) is 7.85. The normalized spacial score (nSPS) is 13.3. The summed E-state index contributed by atoms with van der Waals surface area (Å²) in [6.45, 7) is 1.27. The van der Waals surface area contributed by atoms with Crippen molar-refractivity contribution in [2.45, 2.75) is 16.7 Å². The van der Waals surface area contributed by atoms with Crippen molar-refractivity contribution in [1.29, 1.82) is 0 Å². The summed E-state index contributed by atoms with van der Waals surface area (Å²) in [6, 6.07) is 20.4. The van der Waals surface area contributed by atoms with Crippen molar-refractivity contribution in [2.75, 3.05) is 33.9 Å². The number of sulfonamides is 1. The van der Waals surface area contributed by atoms with Crippen molar-refractivity contribution in [3.8, 4) is 0 Å². The number of nitrogens with zero attached hydrogens (tertiary/aromatic N) is 2. The Bertz CT molecular complexity index is 1290. The Hall–Kier alpha value is -3.30. The molecule has 2 amide bonds. The maximum Gasteiger partial charge on any atom is 0.264 e. The molecule has 9 heteroatoms. The molecule has 0 aliphatic carbocycles. The van der Waals surface area contributed by atoms with E-state index < -0.39 is 22.5 Å². The molecule has 0 saturated heterocycles. The second kappa shape index (κ2) is 9.29. The first-order valence-electron chi connectivity index (χ1n) is 10.2. The van der Waals surface area contributed by atoms with Gasteiger partial charge in [0.2, 0.25) is 11.8 Å². The van der Waals surface area contributed by atoms with Crippen LogP contribution in [-0.4, -0.2) is 39.6 Å². The number of rotatable bonds is 6. The number of para-hydroxylation sites is 2. The van der Waals surface area contributed by atoms with Gasteiger partial charge in [0.25, 0.3) is 10.0 Å². The van der Waals surface area contributed by atoms with E-state index >= 15 is 0 Å². The lowest BCUT2D eigenvalue weighted by Crippen LogP contribution is -2.48. The Morgan fingerprint density at radius 2 is 1.70 bits per heavy atom. The van der Waals surface area contributed by atoms with Crippen molar-refractivity contribution in [2.24, 2.45) is 0 Å². The number of anilines is 3. The number of carbonyl (C=O) groups is 2. The second-order valence-electron chi connectivity index (χ2n) is 7.57. The third-order valence-electron chi connectivity index (χ3n) is 5.32. The van der Waals surface area contributed by atoms with Gasteiger partial charge < -0.3 is 5.32 Å². The minimum atomic E-state index is -4.04. The van der Waals surface area contributed by atoms with Crippen LogP contribution in [0.1, 0.15) is 5.56 Å². The minimum absolute atomic E-state index is 0.0884. The molecule has 0 spiro atoms. The highest BCUT2D eigenvalue weighted by Gasteiger charge is 2.32. The minimum Gasteiger partial charge on any atom is -0.323 e. The number of fused-ring (bicyclic) bond motifs is 1. The summed E-state index contributed by atoms with van der Waals surface area (Å²) < 4.78 is 28.3. The monoisotopic (exact) mass is 481 g/mol. The number of carbonyl (C=O) groups excluding carboxylic acids is 2. The lowest BCUT2D eigenvalue weighted by Gasteiger charge is -2.32. The van der Waals surface area contributed by atoms with Crippen molar-refractivity contribution in [1.82, 2.24) is 0 Å². The number of amides is 2. The SMILES string of the molecule is CSc1ccc(S(=O)(=O)N(CC(=O)N2CC(=O)Nc3ccccc32)c2ccc(C)cc2)cc1. The molecule has 7 nitrogen and oxygen atoms in total. The fourth-order valence-corrected chi connectivity index (χ4v) is 5.39. The van der Waals surface area contributed by atoms with E-state index in [0.717, 1.165) is 14.8 Å². The molecule has 1 aliphatic heterocycles. The maximum atomic E-state index is 13.6. The molecule has 0 radical (unpaired) electrons. The van der Waals surface area contributed by atoms with Crippen LogP contribution in [0, 0.1) is 6.92 Å². The molecule has 3 aromatic carbocycles. The number of nitrogens with one attached hydrogen (secondary N) is 1. The maximum absolute atomic E-state index is 13.6. The number of hydrogen-bond donors (Lipinski definition) is 1. The van der Waals surface area contributed by atoms with Crippen LogP contribution < -0.4 is 14.5 Å². The van der Waals surface area contributed by atoms with Gasteiger partial charge in [0.1, 0.15) is 13.1 Å². The van der Waals surface area contributed by atoms with Gasteiger partial charge >= 0.3 is 0 Å². The van der Waals surface area contributed by atoms with Crippen molar-refractivity contribution in [3.63, 3.8) is 0 Å². The van der Waals surface area contributed by atoms with E-state index in [0.29, 0.717) is 17.1 Å². The molecule has 0 atom stereocenters. The molecule has 33 heavy (non-hydrogen) atoms. The quantitative estimate of drug-likeness (QED) is 0.540. The van der Waals surface area contributed by atoms with Gasteiger partial charge in [-0.2, -0.15) is 0 Å². The Balaban J connectivity index is 1.72. The molecule has 0 aromatic heterocycles. The summed E-state index contributed by atoms with van der Waals surface area (Å²) in [6.07, 6.45) is 1.91. The van der Waals surface area contributed by atoms with Gasteiger partial charge in [-0.3, -0.25) is 18.8 Å². The van der Waals surface area contributed by atoms with Gasteiger partial charge in [0.15, 0.2) is 0 Å². The van der Waals surface area contributed by atoms with Crippen LogP contribution in [0.2, 0.25) is 0 Å². The Kier molecular flexibility index (Phi) is 6.44. The average Bonchev–Trinajstić information content (AvgIpc) is 2.82. The zero-order chi connectivity index (χ0) is 23.6. The number of hydrogen-bond acceptors (Lipinski definition) is 5. The molecule has 0 saturated carbocycles. The molecule has 0 unspecified atom stereocenters. The summed E-state index contributed by atoms with van der Waals surface area (Å²) in [5, 5.41) is 2.74. The van der Waals surface area contributed by atoms with Gasteiger partial charge in [0.05, 0.1) is 22.0 Å². The Morgan fingerprint density at radius 1 is 1.03 bits per heavy atom. The predicted molar refractivity (Wildman–Crippen MR) is 131 cm³/mol. The lowest BCUT2D eigenvalue weighted by atomic mass is 10.2. The smallest absolute Gasteiger partial charge is 0.264 e. The molecule has 0 fully saturated rings. The van der Waals surface area contributed by atoms with Crippen LogP contribution in [-0.2, 0) is 19.6 Å². The zero-order valence-corrected chi connectivity index (χ0v) is 19.8. The standard InChI is InChI=1S/C24H23N3O4S2/c1-17-7-9-18(10-8-17)27(33(30,31)20-13-11-19(32-2)12-14-20)16-24(29)26-15-23(28)25-21-5-3-4-6-22(21)26/h3-14H,15-16H2,1-2H3,(H,25,28). The molecule has 1 N–H and O–H groups in total. The van der Waals surface area contributed by atoms with E-state index in [1.807, 2.05) is 13.2 Å². The first kappa shape index (κ1) is 22.9. The van der Waals surface area contributed by atoms with Crippen LogP contribution in [0.4, 0.5) is 17.1 Å². The lowest BCUT2D eigenvalue weighted by molar-refractivity contribution is -0.121. The number of thioether (sulfide) groups is 1. The largest absolute Gasteiger partial charge is 0.323 e. The van der Waals surface area contributed by atoms with Crippen LogP contribution in [0.5, 0.6) is 0 Å². The van der Waals surface area contributed by atoms with Crippen LogP contribution >= 0.6 is 11.8 Å². The molecular weight excluding hydrogens is 458 g/mol. The van der Waals surface area contributed by atoms with Crippen LogP contribution in [0.25, 0.3) is 0 Å². The summed E-state index contributed by atoms with van der Waals surface area (Å²) in [7, 11) is -4.04. The van der Waals surface area contributed by atoms with Crippen molar-refractivity contribution >= 4 is 50.7 Å². The van der Waals surface area contributed by atoms with Crippen LogP contribution in [0.3, 0.4) is 0 Å². The van der Waals surface area contributed by atoms with E-state index in [-0.39, 0.29) is 17.3 Å². The summed E-state index contributed by atoms with van der Waals surface area (Å²) in [4.78, 5) is 27.9. The third kappa shape index (κ3) is 4.74. The topological polar surface area (TPSA) is 86.8 Å².